The minimum absolute atomic E-state index is 0.271. The molecule has 0 aliphatic carbocycles. The zero-order chi connectivity index (χ0) is 13.3. The first kappa shape index (κ1) is 12.7. The maximum Gasteiger partial charge on any atom is 0.129 e. The summed E-state index contributed by atoms with van der Waals surface area (Å²) in [7, 11) is 0. The Morgan fingerprint density at radius 2 is 1.78 bits per heavy atom. The summed E-state index contributed by atoms with van der Waals surface area (Å²) >= 11 is 0. The topological polar surface area (TPSA) is 33.1 Å². The second kappa shape index (κ2) is 4.86. The van der Waals surface area contributed by atoms with Crippen LogP contribution in [0.3, 0.4) is 0 Å². The lowest BCUT2D eigenvalue weighted by molar-refractivity contribution is 0.209. The van der Waals surface area contributed by atoms with Gasteiger partial charge in [-0.15, -0.1) is 0 Å². The predicted octanol–water partition coefficient (Wildman–Crippen LogP) is 3.23. The molecule has 1 N–H and O–H groups in total. The summed E-state index contributed by atoms with van der Waals surface area (Å²) in [5.41, 5.74) is 3.49. The fraction of sp³-hybridized carbons (Fsp3) is 0.267. The van der Waals surface area contributed by atoms with Gasteiger partial charge in [0.1, 0.15) is 11.9 Å². The van der Waals surface area contributed by atoms with E-state index in [0.29, 0.717) is 5.69 Å². The number of halogens is 1. The van der Waals surface area contributed by atoms with Gasteiger partial charge in [0.05, 0.1) is 5.69 Å². The van der Waals surface area contributed by atoms with E-state index in [4.69, 9.17) is 0 Å². The molecule has 1 atom stereocenters. The van der Waals surface area contributed by atoms with Gasteiger partial charge in [0.2, 0.25) is 0 Å². The minimum atomic E-state index is -1.02. The molecule has 1 heterocycles. The Bertz CT molecular complexity index is 560. The van der Waals surface area contributed by atoms with Crippen LogP contribution in [0.4, 0.5) is 4.39 Å². The van der Waals surface area contributed by atoms with Crippen molar-refractivity contribution in [3.8, 4) is 0 Å². The van der Waals surface area contributed by atoms with Crippen molar-refractivity contribution in [2.24, 2.45) is 0 Å². The number of aliphatic hydroxyl groups is 1. The largest absolute Gasteiger partial charge is 0.382 e. The van der Waals surface area contributed by atoms with E-state index in [2.05, 4.69) is 4.98 Å². The number of pyridine rings is 1. The van der Waals surface area contributed by atoms with Crippen LogP contribution in [0.25, 0.3) is 0 Å². The van der Waals surface area contributed by atoms with Gasteiger partial charge < -0.3 is 5.11 Å². The van der Waals surface area contributed by atoms with E-state index in [1.165, 1.54) is 6.07 Å². The zero-order valence-electron chi connectivity index (χ0n) is 10.7. The highest BCUT2D eigenvalue weighted by Crippen LogP contribution is 2.24. The fourth-order valence-corrected chi connectivity index (χ4v) is 2.04. The average molecular weight is 245 g/mol. The van der Waals surface area contributed by atoms with Gasteiger partial charge >= 0.3 is 0 Å². The van der Waals surface area contributed by atoms with E-state index in [9.17, 15) is 9.50 Å². The van der Waals surface area contributed by atoms with Crippen LogP contribution >= 0.6 is 0 Å². The van der Waals surface area contributed by atoms with Crippen molar-refractivity contribution >= 4 is 0 Å². The number of aryl methyl sites for hydroxylation is 3. The maximum atomic E-state index is 13.7. The highest BCUT2D eigenvalue weighted by atomic mass is 19.1. The summed E-state index contributed by atoms with van der Waals surface area (Å²) in [4.78, 5) is 4.26. The lowest BCUT2D eigenvalue weighted by Crippen LogP contribution is -2.06. The molecule has 0 amide bonds. The van der Waals surface area contributed by atoms with E-state index in [-0.39, 0.29) is 5.56 Å². The number of aliphatic hydroxyl groups excluding tert-OH is 1. The molecular weight excluding hydrogens is 229 g/mol. The van der Waals surface area contributed by atoms with Crippen LogP contribution in [0.5, 0.6) is 0 Å². The third-order valence-electron chi connectivity index (χ3n) is 2.84. The van der Waals surface area contributed by atoms with Crippen molar-refractivity contribution in [1.82, 2.24) is 4.98 Å². The Balaban J connectivity index is 2.47. The predicted molar refractivity (Wildman–Crippen MR) is 68.9 cm³/mol. The molecule has 0 radical (unpaired) electrons. The third-order valence-corrected chi connectivity index (χ3v) is 2.84. The summed E-state index contributed by atoms with van der Waals surface area (Å²) in [5, 5.41) is 10.2. The minimum Gasteiger partial charge on any atom is -0.382 e. The van der Waals surface area contributed by atoms with Crippen molar-refractivity contribution in [1.29, 1.82) is 0 Å². The van der Waals surface area contributed by atoms with Gasteiger partial charge in [-0.1, -0.05) is 17.7 Å². The quantitative estimate of drug-likeness (QED) is 0.881. The number of hydrogen-bond donors (Lipinski definition) is 1. The lowest BCUT2D eigenvalue weighted by atomic mass is 10.0. The van der Waals surface area contributed by atoms with E-state index >= 15 is 0 Å². The summed E-state index contributed by atoms with van der Waals surface area (Å²) < 4.78 is 13.7. The van der Waals surface area contributed by atoms with Crippen molar-refractivity contribution < 1.29 is 9.50 Å². The first-order chi connectivity index (χ1) is 8.47. The summed E-state index contributed by atoms with van der Waals surface area (Å²) in [6.45, 7) is 5.65. The number of aromatic nitrogens is 1. The number of nitrogens with zero attached hydrogens (tertiary/aromatic N) is 1. The van der Waals surface area contributed by atoms with Crippen LogP contribution < -0.4 is 0 Å². The molecule has 0 saturated carbocycles. The van der Waals surface area contributed by atoms with Crippen LogP contribution in [0.2, 0.25) is 0 Å². The number of hydrogen-bond acceptors (Lipinski definition) is 2. The van der Waals surface area contributed by atoms with E-state index in [1.807, 2.05) is 26.8 Å². The average Bonchev–Trinajstić information content (AvgIpc) is 2.30. The van der Waals surface area contributed by atoms with E-state index < -0.39 is 11.9 Å². The monoisotopic (exact) mass is 245 g/mol. The number of benzene rings is 1. The summed E-state index contributed by atoms with van der Waals surface area (Å²) in [6.07, 6.45) is -1.02. The number of rotatable bonds is 2. The lowest BCUT2D eigenvalue weighted by Gasteiger charge is -2.13. The van der Waals surface area contributed by atoms with Gasteiger partial charge in [-0.25, -0.2) is 4.39 Å². The SMILES string of the molecule is Cc1cc(C)nc(C(O)c2cc(C)ccc2F)c1. The van der Waals surface area contributed by atoms with Gasteiger partial charge in [0, 0.05) is 11.3 Å². The van der Waals surface area contributed by atoms with Gasteiger partial charge in [0.25, 0.3) is 0 Å². The Labute approximate surface area is 106 Å². The van der Waals surface area contributed by atoms with Gasteiger partial charge in [-0.3, -0.25) is 4.98 Å². The molecule has 1 aromatic carbocycles. The zero-order valence-corrected chi connectivity index (χ0v) is 10.7. The van der Waals surface area contributed by atoms with Gasteiger partial charge in [-0.2, -0.15) is 0 Å². The van der Waals surface area contributed by atoms with Crippen LogP contribution in [0.1, 0.15) is 34.2 Å². The molecule has 0 aliphatic rings. The molecule has 0 bridgehead atoms. The van der Waals surface area contributed by atoms with Crippen LogP contribution in [0, 0.1) is 26.6 Å². The maximum absolute atomic E-state index is 13.7. The Morgan fingerprint density at radius 1 is 1.06 bits per heavy atom. The second-order valence-corrected chi connectivity index (χ2v) is 4.64. The highest BCUT2D eigenvalue weighted by molar-refractivity contribution is 5.32. The molecule has 2 rings (SSSR count). The van der Waals surface area contributed by atoms with Crippen molar-refractivity contribution in [2.75, 3.05) is 0 Å². The molecule has 94 valence electrons. The standard InChI is InChI=1S/C15H16FNO/c1-9-4-5-13(16)12(7-9)15(18)14-8-10(2)6-11(3)17-14/h4-8,15,18H,1-3H3. The third kappa shape index (κ3) is 2.57. The summed E-state index contributed by atoms with van der Waals surface area (Å²) in [5.74, 6) is -0.408. The van der Waals surface area contributed by atoms with Gasteiger partial charge in [0.15, 0.2) is 0 Å². The first-order valence-corrected chi connectivity index (χ1v) is 5.86. The molecule has 3 heteroatoms. The molecule has 1 aromatic heterocycles. The van der Waals surface area contributed by atoms with Crippen molar-refractivity contribution in [3.63, 3.8) is 0 Å². The second-order valence-electron chi connectivity index (χ2n) is 4.64. The molecule has 18 heavy (non-hydrogen) atoms. The highest BCUT2D eigenvalue weighted by Gasteiger charge is 2.17. The molecule has 1 unspecified atom stereocenters. The van der Waals surface area contributed by atoms with E-state index in [1.54, 1.807) is 18.2 Å². The van der Waals surface area contributed by atoms with Gasteiger partial charge in [-0.05, 0) is 44.5 Å². The Kier molecular flexibility index (Phi) is 3.43. The smallest absolute Gasteiger partial charge is 0.129 e. The van der Waals surface area contributed by atoms with Crippen LogP contribution in [-0.4, -0.2) is 10.1 Å². The van der Waals surface area contributed by atoms with Crippen LogP contribution in [-0.2, 0) is 0 Å². The molecule has 2 nitrogen and oxygen atoms in total. The van der Waals surface area contributed by atoms with E-state index in [0.717, 1.165) is 16.8 Å². The normalized spacial score (nSPS) is 12.5. The molecule has 0 fully saturated rings. The van der Waals surface area contributed by atoms with Crippen LogP contribution in [0.15, 0.2) is 30.3 Å². The molecular formula is C15H16FNO. The molecule has 0 spiro atoms. The molecule has 2 aromatic rings. The first-order valence-electron chi connectivity index (χ1n) is 5.86. The molecule has 0 aliphatic heterocycles. The Hall–Kier alpha value is -1.74. The van der Waals surface area contributed by atoms with Crippen molar-refractivity contribution in [3.05, 3.63) is 64.2 Å². The van der Waals surface area contributed by atoms with Crippen molar-refractivity contribution in [2.45, 2.75) is 26.9 Å². The fourth-order valence-electron chi connectivity index (χ4n) is 2.04. The Morgan fingerprint density at radius 3 is 2.44 bits per heavy atom. The summed E-state index contributed by atoms with van der Waals surface area (Å²) in [6, 6.07) is 8.40. The molecule has 0 saturated heterocycles.